The highest BCUT2D eigenvalue weighted by Crippen LogP contribution is 2.19. The van der Waals surface area contributed by atoms with Crippen molar-refractivity contribution in [2.75, 3.05) is 6.61 Å². The molecule has 2 aliphatic rings. The number of allylic oxidation sites excluding steroid dienone is 1. The second-order valence-electron chi connectivity index (χ2n) is 2.62. The summed E-state index contributed by atoms with van der Waals surface area (Å²) < 4.78 is 4.96. The van der Waals surface area contributed by atoms with Gasteiger partial charge in [0.2, 0.25) is 6.71 Å². The first-order valence-electron chi connectivity index (χ1n) is 3.64. The van der Waals surface area contributed by atoms with E-state index in [1.54, 1.807) is 12.4 Å². The van der Waals surface area contributed by atoms with Gasteiger partial charge in [0.25, 0.3) is 5.95 Å². The van der Waals surface area contributed by atoms with Gasteiger partial charge in [-0.3, -0.25) is 4.99 Å². The van der Waals surface area contributed by atoms with Gasteiger partial charge in [0.1, 0.15) is 0 Å². The normalized spacial score (nSPS) is 21.6. The lowest BCUT2D eigenvalue weighted by Crippen LogP contribution is -2.26. The molecule has 2 rings (SSSR count). The molecular weight excluding hydrogens is 141 g/mol. The Morgan fingerprint density at radius 3 is 3.36 bits per heavy atom. The van der Waals surface area contributed by atoms with E-state index in [1.165, 1.54) is 0 Å². The van der Waals surface area contributed by atoms with Crippen LogP contribution in [-0.2, 0) is 4.74 Å². The number of aliphatic imine (C=N–C) groups is 1. The average Bonchev–Trinajstić information content (AvgIpc) is 2.06. The maximum absolute atomic E-state index is 9.24. The van der Waals surface area contributed by atoms with Gasteiger partial charge in [0.15, 0.2) is 0 Å². The van der Waals surface area contributed by atoms with Crippen LogP contribution in [0.3, 0.4) is 0 Å². The molecule has 0 spiro atoms. The largest absolute Gasteiger partial charge is 0.481 e. The first-order chi connectivity index (χ1) is 5.38. The highest BCUT2D eigenvalue weighted by Gasteiger charge is 2.25. The second-order valence-corrected chi connectivity index (χ2v) is 2.62. The van der Waals surface area contributed by atoms with Gasteiger partial charge in [-0.1, -0.05) is 5.98 Å². The van der Waals surface area contributed by atoms with Crippen LogP contribution in [0.4, 0.5) is 0 Å². The highest BCUT2D eigenvalue weighted by atomic mass is 16.6. The van der Waals surface area contributed by atoms with Crippen molar-refractivity contribution in [1.29, 1.82) is 0 Å². The van der Waals surface area contributed by atoms with Gasteiger partial charge in [0.05, 0.1) is 6.61 Å². The summed E-state index contributed by atoms with van der Waals surface area (Å²) in [5.41, 5.74) is 0.804. The number of fused-ring (bicyclic) bond motifs is 1. The van der Waals surface area contributed by atoms with Crippen molar-refractivity contribution in [2.45, 2.75) is 6.32 Å². The lowest BCUT2D eigenvalue weighted by Gasteiger charge is -2.20. The summed E-state index contributed by atoms with van der Waals surface area (Å²) in [4.78, 5) is 3.91. The van der Waals surface area contributed by atoms with E-state index in [0.29, 0.717) is 13.3 Å². The number of nitrogens with zero attached hydrogens (tertiary/aromatic N) is 1. The molecule has 11 heavy (non-hydrogen) atoms. The fourth-order valence-corrected chi connectivity index (χ4v) is 1.31. The summed E-state index contributed by atoms with van der Waals surface area (Å²) in [5, 5.41) is 9.24. The Labute approximate surface area is 65.2 Å². The Hall–Kier alpha value is -1.19. The number of ether oxygens (including phenoxy) is 1. The number of hydrogen-bond acceptors (Lipinski definition) is 3. The molecule has 0 aromatic carbocycles. The molecule has 0 amide bonds. The van der Waals surface area contributed by atoms with E-state index in [9.17, 15) is 5.11 Å². The van der Waals surface area contributed by atoms with Crippen molar-refractivity contribution in [1.82, 2.24) is 0 Å². The number of rotatable bonds is 0. The maximum Gasteiger partial charge on any atom is 0.272 e. The van der Waals surface area contributed by atoms with Crippen LogP contribution < -0.4 is 0 Å². The summed E-state index contributed by atoms with van der Waals surface area (Å²) in [6, 6.07) is 0. The van der Waals surface area contributed by atoms with Crippen LogP contribution in [0.5, 0.6) is 0 Å². The SMILES string of the molecule is OC1=C2C=NC=CB2CCO1. The van der Waals surface area contributed by atoms with Gasteiger partial charge < -0.3 is 9.84 Å². The van der Waals surface area contributed by atoms with Gasteiger partial charge in [-0.2, -0.15) is 0 Å². The lowest BCUT2D eigenvalue weighted by atomic mass is 9.41. The molecule has 0 aliphatic carbocycles. The molecular formula is C7H8BNO2. The average molecular weight is 149 g/mol. The fourth-order valence-electron chi connectivity index (χ4n) is 1.31. The zero-order valence-electron chi connectivity index (χ0n) is 6.03. The smallest absolute Gasteiger partial charge is 0.272 e. The van der Waals surface area contributed by atoms with Gasteiger partial charge in [-0.25, -0.2) is 0 Å². The Bertz CT molecular complexity index is 257. The molecule has 0 saturated heterocycles. The molecule has 0 radical (unpaired) electrons. The first kappa shape index (κ1) is 6.52. The van der Waals surface area contributed by atoms with Crippen LogP contribution in [-0.4, -0.2) is 24.6 Å². The zero-order chi connectivity index (χ0) is 7.68. The monoisotopic (exact) mass is 149 g/mol. The lowest BCUT2D eigenvalue weighted by molar-refractivity contribution is 0.0974. The van der Waals surface area contributed by atoms with E-state index < -0.39 is 0 Å². The Morgan fingerprint density at radius 2 is 2.55 bits per heavy atom. The van der Waals surface area contributed by atoms with Crippen LogP contribution in [0.1, 0.15) is 0 Å². The minimum atomic E-state index is 0.0364. The van der Waals surface area contributed by atoms with Crippen molar-refractivity contribution in [3.63, 3.8) is 0 Å². The summed E-state index contributed by atoms with van der Waals surface area (Å²) in [6.45, 7) is 0.902. The van der Waals surface area contributed by atoms with Gasteiger partial charge in [0, 0.05) is 17.9 Å². The molecule has 2 aliphatic heterocycles. The summed E-state index contributed by atoms with van der Waals surface area (Å²) in [5.74, 6) is 2.02. The Kier molecular flexibility index (Phi) is 1.45. The second kappa shape index (κ2) is 2.45. The predicted molar refractivity (Wildman–Crippen MR) is 43.8 cm³/mol. The molecule has 2 heterocycles. The van der Waals surface area contributed by atoms with Crippen molar-refractivity contribution in [3.05, 3.63) is 23.6 Å². The van der Waals surface area contributed by atoms with Crippen LogP contribution in [0.25, 0.3) is 0 Å². The Balaban J connectivity index is 2.36. The van der Waals surface area contributed by atoms with Crippen molar-refractivity contribution < 1.29 is 9.84 Å². The highest BCUT2D eigenvalue weighted by molar-refractivity contribution is 6.76. The van der Waals surface area contributed by atoms with Crippen molar-refractivity contribution in [2.24, 2.45) is 4.99 Å². The molecule has 0 unspecified atom stereocenters. The quantitative estimate of drug-likeness (QED) is 0.521. The van der Waals surface area contributed by atoms with Crippen LogP contribution in [0.15, 0.2) is 28.6 Å². The summed E-state index contributed by atoms with van der Waals surface area (Å²) in [7, 11) is 0. The molecule has 1 N–H and O–H groups in total. The predicted octanol–water partition coefficient (Wildman–Crippen LogP) is 0.957. The molecule has 0 aromatic rings. The molecule has 3 nitrogen and oxygen atoms in total. The van der Waals surface area contributed by atoms with Crippen molar-refractivity contribution in [3.8, 4) is 0 Å². The van der Waals surface area contributed by atoms with Crippen LogP contribution in [0, 0.1) is 0 Å². The summed E-state index contributed by atoms with van der Waals surface area (Å²) in [6.07, 6.45) is 4.34. The van der Waals surface area contributed by atoms with E-state index >= 15 is 0 Å². The van der Waals surface area contributed by atoms with E-state index in [-0.39, 0.29) is 5.95 Å². The van der Waals surface area contributed by atoms with E-state index in [1.807, 2.05) is 5.98 Å². The third-order valence-electron chi connectivity index (χ3n) is 1.93. The fraction of sp³-hybridized carbons (Fsp3) is 0.286. The number of hydrogen-bond donors (Lipinski definition) is 1. The summed E-state index contributed by atoms with van der Waals surface area (Å²) >= 11 is 0. The third kappa shape index (κ3) is 1.04. The first-order valence-corrected chi connectivity index (χ1v) is 3.64. The molecule has 0 saturated carbocycles. The van der Waals surface area contributed by atoms with E-state index in [2.05, 4.69) is 4.99 Å². The van der Waals surface area contributed by atoms with Gasteiger partial charge in [-0.05, 0) is 6.32 Å². The minimum Gasteiger partial charge on any atom is -0.481 e. The third-order valence-corrected chi connectivity index (χ3v) is 1.93. The van der Waals surface area contributed by atoms with E-state index in [0.717, 1.165) is 11.8 Å². The van der Waals surface area contributed by atoms with Crippen LogP contribution >= 0.6 is 0 Å². The molecule has 0 fully saturated rings. The van der Waals surface area contributed by atoms with Gasteiger partial charge >= 0.3 is 0 Å². The molecule has 4 heteroatoms. The topological polar surface area (TPSA) is 41.8 Å². The number of aliphatic hydroxyl groups excluding tert-OH is 1. The minimum absolute atomic E-state index is 0.0364. The van der Waals surface area contributed by atoms with Crippen molar-refractivity contribution >= 4 is 12.9 Å². The molecule has 0 aromatic heterocycles. The standard InChI is InChI=1S/C7H8BNO2/c10-7-6-5-9-3-1-8(6)2-4-11-7/h1,3,5,10H,2,4H2. The molecule has 56 valence electrons. The van der Waals surface area contributed by atoms with Crippen LogP contribution in [0.2, 0.25) is 6.32 Å². The maximum atomic E-state index is 9.24. The molecule has 0 atom stereocenters. The van der Waals surface area contributed by atoms with E-state index in [4.69, 9.17) is 4.74 Å². The zero-order valence-corrected chi connectivity index (χ0v) is 6.03. The number of aliphatic hydroxyl groups is 1. The Morgan fingerprint density at radius 1 is 1.64 bits per heavy atom. The van der Waals surface area contributed by atoms with Gasteiger partial charge in [-0.15, -0.1) is 0 Å². The molecule has 0 bridgehead atoms.